The van der Waals surface area contributed by atoms with Crippen LogP contribution in [-0.2, 0) is 6.54 Å². The summed E-state index contributed by atoms with van der Waals surface area (Å²) in [6, 6.07) is 4.28. The molecule has 0 atom stereocenters. The highest BCUT2D eigenvalue weighted by atomic mass is 19.2. The molecular formula is C13H19F2N. The first-order valence-corrected chi connectivity index (χ1v) is 5.70. The summed E-state index contributed by atoms with van der Waals surface area (Å²) in [4.78, 5) is 0. The zero-order valence-corrected chi connectivity index (χ0v) is 10.1. The van der Waals surface area contributed by atoms with E-state index in [0.717, 1.165) is 18.9 Å². The first kappa shape index (κ1) is 13.1. The van der Waals surface area contributed by atoms with Crippen molar-refractivity contribution in [2.24, 2.45) is 0 Å². The zero-order valence-electron chi connectivity index (χ0n) is 10.1. The molecular weight excluding hydrogens is 208 g/mol. The van der Waals surface area contributed by atoms with Crippen molar-refractivity contribution in [3.8, 4) is 0 Å². The van der Waals surface area contributed by atoms with Gasteiger partial charge in [0.25, 0.3) is 0 Å². The fraction of sp³-hybridized carbons (Fsp3) is 0.538. The van der Waals surface area contributed by atoms with E-state index in [1.807, 2.05) is 0 Å². The van der Waals surface area contributed by atoms with Gasteiger partial charge in [0.2, 0.25) is 0 Å². The Labute approximate surface area is 95.9 Å². The molecule has 0 amide bonds. The molecule has 0 saturated heterocycles. The number of halogens is 2. The molecule has 0 bridgehead atoms. The van der Waals surface area contributed by atoms with Gasteiger partial charge in [0.15, 0.2) is 11.6 Å². The molecule has 0 aromatic heterocycles. The first-order chi connectivity index (χ1) is 7.52. The molecule has 1 N–H and O–H groups in total. The van der Waals surface area contributed by atoms with E-state index in [0.29, 0.717) is 12.1 Å². The van der Waals surface area contributed by atoms with Crippen LogP contribution in [0, 0.1) is 11.6 Å². The third-order valence-corrected chi connectivity index (χ3v) is 3.30. The zero-order chi connectivity index (χ0) is 12.2. The molecule has 1 nitrogen and oxygen atoms in total. The lowest BCUT2D eigenvalue weighted by Crippen LogP contribution is -2.40. The maximum atomic E-state index is 13.4. The van der Waals surface area contributed by atoms with Gasteiger partial charge in [-0.1, -0.05) is 26.0 Å². The third-order valence-electron chi connectivity index (χ3n) is 3.30. The van der Waals surface area contributed by atoms with E-state index in [9.17, 15) is 8.78 Å². The van der Waals surface area contributed by atoms with Gasteiger partial charge in [0.1, 0.15) is 0 Å². The van der Waals surface area contributed by atoms with Crippen molar-refractivity contribution in [2.45, 2.75) is 45.7 Å². The smallest absolute Gasteiger partial charge is 0.163 e. The molecule has 1 aromatic rings. The Balaban J connectivity index is 2.71. The highest BCUT2D eigenvalue weighted by molar-refractivity contribution is 5.19. The predicted molar refractivity (Wildman–Crippen MR) is 62.2 cm³/mol. The van der Waals surface area contributed by atoms with E-state index in [1.165, 1.54) is 6.07 Å². The third kappa shape index (κ3) is 3.01. The van der Waals surface area contributed by atoms with Gasteiger partial charge in [-0.25, -0.2) is 8.78 Å². The summed E-state index contributed by atoms with van der Waals surface area (Å²) in [6.45, 7) is 6.61. The van der Waals surface area contributed by atoms with Crippen LogP contribution in [0.4, 0.5) is 8.78 Å². The van der Waals surface area contributed by atoms with Gasteiger partial charge < -0.3 is 5.32 Å². The minimum Gasteiger partial charge on any atom is -0.307 e. The van der Waals surface area contributed by atoms with Crippen LogP contribution in [0.25, 0.3) is 0 Å². The van der Waals surface area contributed by atoms with E-state index in [4.69, 9.17) is 0 Å². The Bertz CT molecular complexity index is 346. The van der Waals surface area contributed by atoms with Crippen molar-refractivity contribution >= 4 is 0 Å². The fourth-order valence-electron chi connectivity index (χ4n) is 1.49. The standard InChI is InChI=1S/C13H19F2N/c1-4-13(3,5-2)16-9-10-7-6-8-11(14)12(10)15/h6-8,16H,4-5,9H2,1-3H3. The summed E-state index contributed by atoms with van der Waals surface area (Å²) >= 11 is 0. The second kappa shape index (κ2) is 5.39. The van der Waals surface area contributed by atoms with Crippen LogP contribution in [-0.4, -0.2) is 5.54 Å². The average Bonchev–Trinajstić information content (AvgIpc) is 2.31. The maximum absolute atomic E-state index is 13.4. The summed E-state index contributed by atoms with van der Waals surface area (Å²) in [5, 5.41) is 3.27. The van der Waals surface area contributed by atoms with Crippen LogP contribution in [0.2, 0.25) is 0 Å². The molecule has 3 heteroatoms. The Morgan fingerprint density at radius 3 is 2.38 bits per heavy atom. The minimum atomic E-state index is -0.783. The second-order valence-corrected chi connectivity index (χ2v) is 4.33. The number of benzene rings is 1. The summed E-state index contributed by atoms with van der Waals surface area (Å²) in [5.41, 5.74) is 0.367. The highest BCUT2D eigenvalue weighted by Gasteiger charge is 2.19. The van der Waals surface area contributed by atoms with Gasteiger partial charge in [-0.15, -0.1) is 0 Å². The molecule has 1 rings (SSSR count). The van der Waals surface area contributed by atoms with Crippen LogP contribution in [0.1, 0.15) is 39.2 Å². The van der Waals surface area contributed by atoms with E-state index in [1.54, 1.807) is 6.07 Å². The first-order valence-electron chi connectivity index (χ1n) is 5.70. The molecule has 0 saturated carbocycles. The predicted octanol–water partition coefficient (Wildman–Crippen LogP) is 3.63. The average molecular weight is 227 g/mol. The molecule has 0 fully saturated rings. The molecule has 0 unspecified atom stereocenters. The van der Waals surface area contributed by atoms with Gasteiger partial charge in [-0.2, -0.15) is 0 Å². The van der Waals surface area contributed by atoms with Crippen molar-refractivity contribution in [1.29, 1.82) is 0 Å². The van der Waals surface area contributed by atoms with Crippen molar-refractivity contribution < 1.29 is 8.78 Å². The van der Waals surface area contributed by atoms with Crippen molar-refractivity contribution in [3.05, 3.63) is 35.4 Å². The SMILES string of the molecule is CCC(C)(CC)NCc1cccc(F)c1F. The van der Waals surface area contributed by atoms with Gasteiger partial charge in [-0.3, -0.25) is 0 Å². The summed E-state index contributed by atoms with van der Waals surface area (Å²) in [5.74, 6) is -1.53. The van der Waals surface area contributed by atoms with E-state index in [2.05, 4.69) is 26.1 Å². The lowest BCUT2D eigenvalue weighted by molar-refractivity contribution is 0.326. The summed E-state index contributed by atoms with van der Waals surface area (Å²) in [6.07, 6.45) is 1.92. The normalized spacial score (nSPS) is 11.8. The van der Waals surface area contributed by atoms with Crippen molar-refractivity contribution in [1.82, 2.24) is 5.32 Å². The van der Waals surface area contributed by atoms with Crippen LogP contribution < -0.4 is 5.32 Å². The topological polar surface area (TPSA) is 12.0 Å². The largest absolute Gasteiger partial charge is 0.307 e. The molecule has 0 spiro atoms. The molecule has 0 aliphatic rings. The molecule has 0 aliphatic carbocycles. The van der Waals surface area contributed by atoms with Crippen LogP contribution in [0.3, 0.4) is 0 Å². The van der Waals surface area contributed by atoms with Gasteiger partial charge in [0.05, 0.1) is 0 Å². The molecule has 90 valence electrons. The Hall–Kier alpha value is -0.960. The Kier molecular flexibility index (Phi) is 4.42. The number of nitrogens with one attached hydrogen (secondary N) is 1. The molecule has 0 radical (unpaired) electrons. The van der Waals surface area contributed by atoms with Crippen molar-refractivity contribution in [3.63, 3.8) is 0 Å². The van der Waals surface area contributed by atoms with Gasteiger partial charge >= 0.3 is 0 Å². The highest BCUT2D eigenvalue weighted by Crippen LogP contribution is 2.16. The monoisotopic (exact) mass is 227 g/mol. The van der Waals surface area contributed by atoms with E-state index >= 15 is 0 Å². The van der Waals surface area contributed by atoms with Crippen LogP contribution >= 0.6 is 0 Å². The van der Waals surface area contributed by atoms with E-state index in [-0.39, 0.29) is 5.54 Å². The number of rotatable bonds is 5. The van der Waals surface area contributed by atoms with E-state index < -0.39 is 11.6 Å². The van der Waals surface area contributed by atoms with Crippen LogP contribution in [0.15, 0.2) is 18.2 Å². The molecule has 0 aliphatic heterocycles. The fourth-order valence-corrected chi connectivity index (χ4v) is 1.49. The summed E-state index contributed by atoms with van der Waals surface area (Å²) < 4.78 is 26.3. The number of hydrogen-bond acceptors (Lipinski definition) is 1. The quantitative estimate of drug-likeness (QED) is 0.810. The summed E-state index contributed by atoms with van der Waals surface area (Å²) in [7, 11) is 0. The minimum absolute atomic E-state index is 0.0151. The lowest BCUT2D eigenvalue weighted by Gasteiger charge is -2.28. The Morgan fingerprint density at radius 2 is 1.81 bits per heavy atom. The molecule has 16 heavy (non-hydrogen) atoms. The maximum Gasteiger partial charge on any atom is 0.163 e. The van der Waals surface area contributed by atoms with Crippen molar-refractivity contribution in [2.75, 3.05) is 0 Å². The lowest BCUT2D eigenvalue weighted by atomic mass is 9.95. The van der Waals surface area contributed by atoms with Gasteiger partial charge in [0, 0.05) is 17.6 Å². The van der Waals surface area contributed by atoms with Gasteiger partial charge in [-0.05, 0) is 25.8 Å². The number of hydrogen-bond donors (Lipinski definition) is 1. The Morgan fingerprint density at radius 1 is 1.19 bits per heavy atom. The van der Waals surface area contributed by atoms with Crippen LogP contribution in [0.5, 0.6) is 0 Å². The molecule has 1 aromatic carbocycles. The molecule has 0 heterocycles. The second-order valence-electron chi connectivity index (χ2n) is 4.33.